The van der Waals surface area contributed by atoms with Gasteiger partial charge in [0.1, 0.15) is 10.8 Å². The van der Waals surface area contributed by atoms with E-state index in [1.807, 2.05) is 30.9 Å². The van der Waals surface area contributed by atoms with E-state index in [1.165, 1.54) is 0 Å². The molecule has 3 nitrogen and oxygen atoms in total. The van der Waals surface area contributed by atoms with Crippen molar-refractivity contribution in [1.82, 2.24) is 4.98 Å². The normalized spacial score (nSPS) is 16.2. The number of aryl methyl sites for hydroxylation is 1. The first-order valence-electron chi connectivity index (χ1n) is 5.28. The lowest BCUT2D eigenvalue weighted by atomic mass is 10.1. The van der Waals surface area contributed by atoms with Crippen LogP contribution in [-0.2, 0) is 0 Å². The van der Waals surface area contributed by atoms with Crippen molar-refractivity contribution in [2.75, 3.05) is 29.5 Å². The number of nitrogens with two attached hydrogens (primary N) is 1. The van der Waals surface area contributed by atoms with Gasteiger partial charge < -0.3 is 10.6 Å². The highest BCUT2D eigenvalue weighted by atomic mass is 32.2. The molecule has 0 spiro atoms. The second kappa shape index (κ2) is 5.01. The maximum absolute atomic E-state index is 5.78. The van der Waals surface area contributed by atoms with Gasteiger partial charge in [-0.15, -0.1) is 0 Å². The monoisotopic (exact) mass is 253 g/mol. The molecule has 0 atom stereocenters. The molecule has 16 heavy (non-hydrogen) atoms. The van der Waals surface area contributed by atoms with Gasteiger partial charge in [0.25, 0.3) is 0 Å². The number of thioether (sulfide) groups is 1. The van der Waals surface area contributed by atoms with Gasteiger partial charge in [-0.05, 0) is 18.6 Å². The molecule has 1 aliphatic heterocycles. The zero-order valence-electron chi connectivity index (χ0n) is 9.27. The molecule has 0 bridgehead atoms. The molecular weight excluding hydrogens is 238 g/mol. The number of hydrogen-bond acceptors (Lipinski definition) is 4. The van der Waals surface area contributed by atoms with Crippen LogP contribution in [0.2, 0.25) is 0 Å². The van der Waals surface area contributed by atoms with E-state index in [9.17, 15) is 0 Å². The second-order valence-electron chi connectivity index (χ2n) is 3.79. The van der Waals surface area contributed by atoms with Gasteiger partial charge in [-0.3, -0.25) is 0 Å². The van der Waals surface area contributed by atoms with Gasteiger partial charge in [0.15, 0.2) is 0 Å². The van der Waals surface area contributed by atoms with E-state index >= 15 is 0 Å². The average Bonchev–Trinajstić information content (AvgIpc) is 2.29. The lowest BCUT2D eigenvalue weighted by molar-refractivity contribution is 0.837. The Hall–Kier alpha value is -0.810. The fourth-order valence-corrected chi connectivity index (χ4v) is 3.02. The number of pyridine rings is 1. The Morgan fingerprint density at radius 1 is 1.50 bits per heavy atom. The van der Waals surface area contributed by atoms with Crippen molar-refractivity contribution < 1.29 is 0 Å². The summed E-state index contributed by atoms with van der Waals surface area (Å²) in [5.41, 5.74) is 7.82. The van der Waals surface area contributed by atoms with E-state index in [4.69, 9.17) is 18.0 Å². The summed E-state index contributed by atoms with van der Waals surface area (Å²) in [5, 5.41) is 0. The van der Waals surface area contributed by atoms with Gasteiger partial charge >= 0.3 is 0 Å². The second-order valence-corrected chi connectivity index (χ2v) is 5.45. The minimum absolute atomic E-state index is 0.443. The molecule has 0 saturated carbocycles. The number of rotatable bonds is 2. The Kier molecular flexibility index (Phi) is 3.66. The predicted molar refractivity (Wildman–Crippen MR) is 74.4 cm³/mol. The molecule has 2 N–H and O–H groups in total. The molecule has 86 valence electrons. The highest BCUT2D eigenvalue weighted by Crippen LogP contribution is 2.23. The fraction of sp³-hybridized carbons (Fsp3) is 0.455. The van der Waals surface area contributed by atoms with E-state index in [2.05, 4.69) is 9.88 Å². The van der Waals surface area contributed by atoms with Crippen molar-refractivity contribution in [2.45, 2.75) is 6.92 Å². The van der Waals surface area contributed by atoms with Gasteiger partial charge in [0.2, 0.25) is 0 Å². The van der Waals surface area contributed by atoms with E-state index in [-0.39, 0.29) is 0 Å². The van der Waals surface area contributed by atoms with E-state index in [0.29, 0.717) is 4.99 Å². The largest absolute Gasteiger partial charge is 0.389 e. The van der Waals surface area contributed by atoms with Crippen LogP contribution in [0, 0.1) is 6.92 Å². The Labute approximate surface area is 105 Å². The van der Waals surface area contributed by atoms with Crippen molar-refractivity contribution in [3.63, 3.8) is 0 Å². The first-order chi connectivity index (χ1) is 7.70. The molecular formula is C11H15N3S2. The molecule has 0 aliphatic carbocycles. The summed E-state index contributed by atoms with van der Waals surface area (Å²) in [6.45, 7) is 4.08. The van der Waals surface area contributed by atoms with Crippen LogP contribution in [0.5, 0.6) is 0 Å². The molecule has 1 aromatic rings. The molecule has 5 heteroatoms. The standard InChI is InChI=1S/C11H15N3S2/c1-8-2-3-13-11(9(8)10(12)15)14-4-6-16-7-5-14/h2-3H,4-7H2,1H3,(H2,12,15). The predicted octanol–water partition coefficient (Wildman–Crippen LogP) is 1.58. The van der Waals surface area contributed by atoms with Crippen LogP contribution < -0.4 is 10.6 Å². The Balaban J connectivity index is 2.38. The topological polar surface area (TPSA) is 42.2 Å². The molecule has 2 heterocycles. The van der Waals surface area contributed by atoms with Crippen LogP contribution in [0.25, 0.3) is 0 Å². The summed E-state index contributed by atoms with van der Waals surface area (Å²) < 4.78 is 0. The zero-order valence-corrected chi connectivity index (χ0v) is 10.9. The molecule has 0 unspecified atom stereocenters. The van der Waals surface area contributed by atoms with Crippen LogP contribution >= 0.6 is 24.0 Å². The minimum Gasteiger partial charge on any atom is -0.389 e. The molecule has 1 aliphatic rings. The number of aromatic nitrogens is 1. The van der Waals surface area contributed by atoms with Crippen LogP contribution in [0.3, 0.4) is 0 Å². The Morgan fingerprint density at radius 3 is 2.81 bits per heavy atom. The van der Waals surface area contributed by atoms with Crippen molar-refractivity contribution in [2.24, 2.45) is 5.73 Å². The van der Waals surface area contributed by atoms with Gasteiger partial charge in [0.05, 0.1) is 5.56 Å². The molecule has 0 amide bonds. The number of thiocarbonyl (C=S) groups is 1. The van der Waals surface area contributed by atoms with Gasteiger partial charge in [-0.2, -0.15) is 11.8 Å². The Morgan fingerprint density at radius 2 is 2.19 bits per heavy atom. The third-order valence-corrected chi connectivity index (χ3v) is 3.84. The lowest BCUT2D eigenvalue weighted by Crippen LogP contribution is -2.35. The fourth-order valence-electron chi connectivity index (χ4n) is 1.86. The minimum atomic E-state index is 0.443. The summed E-state index contributed by atoms with van der Waals surface area (Å²) in [4.78, 5) is 7.15. The molecule has 0 aromatic carbocycles. The highest BCUT2D eigenvalue weighted by Gasteiger charge is 2.18. The molecule has 1 fully saturated rings. The van der Waals surface area contributed by atoms with Crippen LogP contribution in [0.1, 0.15) is 11.1 Å². The lowest BCUT2D eigenvalue weighted by Gasteiger charge is -2.29. The molecule has 0 radical (unpaired) electrons. The van der Waals surface area contributed by atoms with E-state index < -0.39 is 0 Å². The maximum atomic E-state index is 5.78. The highest BCUT2D eigenvalue weighted by molar-refractivity contribution is 7.99. The summed E-state index contributed by atoms with van der Waals surface area (Å²) in [7, 11) is 0. The molecule has 1 aromatic heterocycles. The summed E-state index contributed by atoms with van der Waals surface area (Å²) in [5.74, 6) is 3.24. The summed E-state index contributed by atoms with van der Waals surface area (Å²) in [6.07, 6.45) is 1.83. The third-order valence-electron chi connectivity index (χ3n) is 2.70. The zero-order chi connectivity index (χ0) is 11.5. The van der Waals surface area contributed by atoms with Gasteiger partial charge in [-0.25, -0.2) is 4.98 Å². The summed E-state index contributed by atoms with van der Waals surface area (Å²) in [6, 6.07) is 1.96. The summed E-state index contributed by atoms with van der Waals surface area (Å²) >= 11 is 7.09. The van der Waals surface area contributed by atoms with Crippen molar-refractivity contribution >= 4 is 34.8 Å². The van der Waals surface area contributed by atoms with E-state index in [0.717, 1.165) is 41.5 Å². The number of hydrogen-bond donors (Lipinski definition) is 1. The third kappa shape index (κ3) is 2.30. The van der Waals surface area contributed by atoms with Crippen LogP contribution in [0.15, 0.2) is 12.3 Å². The first-order valence-corrected chi connectivity index (χ1v) is 6.84. The number of nitrogens with zero attached hydrogens (tertiary/aromatic N) is 2. The van der Waals surface area contributed by atoms with Gasteiger partial charge in [-0.1, -0.05) is 12.2 Å². The SMILES string of the molecule is Cc1ccnc(N2CCSCC2)c1C(N)=S. The maximum Gasteiger partial charge on any atom is 0.139 e. The molecule has 1 saturated heterocycles. The smallest absolute Gasteiger partial charge is 0.139 e. The Bertz CT molecular complexity index is 400. The van der Waals surface area contributed by atoms with Crippen LogP contribution in [0.4, 0.5) is 5.82 Å². The van der Waals surface area contributed by atoms with Crippen molar-refractivity contribution in [1.29, 1.82) is 0 Å². The first kappa shape index (κ1) is 11.7. The van der Waals surface area contributed by atoms with Crippen molar-refractivity contribution in [3.8, 4) is 0 Å². The van der Waals surface area contributed by atoms with Crippen molar-refractivity contribution in [3.05, 3.63) is 23.4 Å². The molecule has 2 rings (SSSR count). The van der Waals surface area contributed by atoms with Crippen LogP contribution in [-0.4, -0.2) is 34.6 Å². The quantitative estimate of drug-likeness (QED) is 0.811. The average molecular weight is 253 g/mol. The van der Waals surface area contributed by atoms with Gasteiger partial charge in [0, 0.05) is 30.8 Å². The van der Waals surface area contributed by atoms with E-state index in [1.54, 1.807) is 0 Å². The number of anilines is 1.